The third kappa shape index (κ3) is 4.28. The van der Waals surface area contributed by atoms with Crippen LogP contribution in [0.25, 0.3) is 0 Å². The number of rotatable bonds is 4. The predicted octanol–water partition coefficient (Wildman–Crippen LogP) is 5.19. The van der Waals surface area contributed by atoms with Gasteiger partial charge in [0, 0.05) is 11.3 Å². The Bertz CT molecular complexity index is 1030. The van der Waals surface area contributed by atoms with Gasteiger partial charge in [0.15, 0.2) is 5.13 Å². The number of thiazole rings is 1. The number of carbonyl (C=O) groups is 2. The second kappa shape index (κ2) is 7.94. The molecule has 2 aromatic carbocycles. The van der Waals surface area contributed by atoms with Gasteiger partial charge in [0.1, 0.15) is 4.88 Å². The molecule has 0 unspecified atom stereocenters. The molecule has 0 spiro atoms. The number of aromatic nitrogens is 1. The zero-order valence-corrected chi connectivity index (χ0v) is 17.5. The number of aryl methyl sites for hydroxylation is 5. The summed E-state index contributed by atoms with van der Waals surface area (Å²) in [4.78, 5) is 30.0. The van der Waals surface area contributed by atoms with Crippen LogP contribution in [0, 0.1) is 34.6 Å². The first-order valence-electron chi connectivity index (χ1n) is 8.99. The molecule has 0 radical (unpaired) electrons. The number of nitrogens with one attached hydrogen (secondary N) is 2. The maximum Gasteiger partial charge on any atom is 0.267 e. The predicted molar refractivity (Wildman–Crippen MR) is 115 cm³/mol. The second-order valence-electron chi connectivity index (χ2n) is 6.98. The zero-order valence-electron chi connectivity index (χ0n) is 16.6. The van der Waals surface area contributed by atoms with Crippen molar-refractivity contribution >= 4 is 34.0 Å². The van der Waals surface area contributed by atoms with Crippen molar-refractivity contribution in [2.75, 3.05) is 10.6 Å². The molecule has 6 heteroatoms. The molecule has 5 nitrogen and oxygen atoms in total. The monoisotopic (exact) mass is 393 g/mol. The minimum atomic E-state index is -0.245. The van der Waals surface area contributed by atoms with E-state index < -0.39 is 0 Å². The van der Waals surface area contributed by atoms with Crippen molar-refractivity contribution in [3.63, 3.8) is 0 Å². The maximum atomic E-state index is 12.8. The molecule has 2 amide bonds. The van der Waals surface area contributed by atoms with Crippen molar-refractivity contribution in [3.8, 4) is 0 Å². The standard InChI is InChI=1S/C22H23N3O2S/c1-12-6-8-17(9-7-12)20(26)25-22-23-16(5)19(28-22)21(27)24-18-14(3)10-13(2)11-15(18)4/h6-11H,1-5H3,(H,24,27)(H,23,25,26). The Kier molecular flexibility index (Phi) is 5.61. The number of carbonyl (C=O) groups excluding carboxylic acids is 2. The summed E-state index contributed by atoms with van der Waals surface area (Å²) in [7, 11) is 0. The fourth-order valence-corrected chi connectivity index (χ4v) is 3.94. The van der Waals surface area contributed by atoms with Gasteiger partial charge in [-0.2, -0.15) is 0 Å². The van der Waals surface area contributed by atoms with E-state index in [1.54, 1.807) is 19.1 Å². The van der Waals surface area contributed by atoms with E-state index in [9.17, 15) is 9.59 Å². The number of hydrogen-bond acceptors (Lipinski definition) is 4. The molecule has 0 aliphatic rings. The number of hydrogen-bond donors (Lipinski definition) is 2. The molecule has 28 heavy (non-hydrogen) atoms. The van der Waals surface area contributed by atoms with E-state index in [1.165, 1.54) is 11.3 Å². The average Bonchev–Trinajstić information content (AvgIpc) is 2.98. The lowest BCUT2D eigenvalue weighted by Gasteiger charge is -2.12. The summed E-state index contributed by atoms with van der Waals surface area (Å²) in [5.74, 6) is -0.466. The van der Waals surface area contributed by atoms with E-state index in [0.29, 0.717) is 21.3 Å². The van der Waals surface area contributed by atoms with Crippen LogP contribution >= 0.6 is 11.3 Å². The van der Waals surface area contributed by atoms with Crippen LogP contribution in [-0.4, -0.2) is 16.8 Å². The summed E-state index contributed by atoms with van der Waals surface area (Å²) >= 11 is 1.17. The van der Waals surface area contributed by atoms with E-state index in [2.05, 4.69) is 15.6 Å². The molecule has 0 fully saturated rings. The third-order valence-electron chi connectivity index (χ3n) is 4.45. The number of nitrogens with zero attached hydrogens (tertiary/aromatic N) is 1. The average molecular weight is 394 g/mol. The first-order chi connectivity index (χ1) is 13.2. The summed E-state index contributed by atoms with van der Waals surface area (Å²) in [6.45, 7) is 9.71. The van der Waals surface area contributed by atoms with Crippen LogP contribution in [-0.2, 0) is 0 Å². The van der Waals surface area contributed by atoms with Crippen molar-refractivity contribution < 1.29 is 9.59 Å². The first-order valence-corrected chi connectivity index (χ1v) is 9.81. The molecule has 0 aliphatic carbocycles. The Labute approximate surface area is 168 Å². The van der Waals surface area contributed by atoms with E-state index in [1.807, 2.05) is 52.0 Å². The van der Waals surface area contributed by atoms with Crippen LogP contribution in [0.3, 0.4) is 0 Å². The van der Waals surface area contributed by atoms with Crippen molar-refractivity contribution in [2.24, 2.45) is 0 Å². The van der Waals surface area contributed by atoms with Crippen LogP contribution in [0.15, 0.2) is 36.4 Å². The molecule has 0 saturated heterocycles. The molecule has 3 aromatic rings. The van der Waals surface area contributed by atoms with Gasteiger partial charge in [-0.05, 0) is 57.9 Å². The van der Waals surface area contributed by atoms with Gasteiger partial charge >= 0.3 is 0 Å². The SMILES string of the molecule is Cc1ccc(C(=O)Nc2nc(C)c(C(=O)Nc3c(C)cc(C)cc3C)s2)cc1. The molecule has 1 aromatic heterocycles. The number of benzene rings is 2. The van der Waals surface area contributed by atoms with E-state index >= 15 is 0 Å². The summed E-state index contributed by atoms with van der Waals surface area (Å²) in [6.07, 6.45) is 0. The summed E-state index contributed by atoms with van der Waals surface area (Å²) in [6, 6.07) is 11.4. The molecule has 3 rings (SSSR count). The lowest BCUT2D eigenvalue weighted by molar-refractivity contribution is 0.102. The van der Waals surface area contributed by atoms with Gasteiger partial charge in [-0.1, -0.05) is 46.7 Å². The second-order valence-corrected chi connectivity index (χ2v) is 7.98. The fraction of sp³-hybridized carbons (Fsp3) is 0.227. The van der Waals surface area contributed by atoms with Crippen LogP contribution < -0.4 is 10.6 Å². The Hall–Kier alpha value is -2.99. The Morgan fingerprint density at radius 2 is 1.43 bits per heavy atom. The van der Waals surface area contributed by atoms with Gasteiger partial charge in [0.05, 0.1) is 5.69 Å². The van der Waals surface area contributed by atoms with E-state index in [4.69, 9.17) is 0 Å². The lowest BCUT2D eigenvalue weighted by Crippen LogP contribution is -2.13. The van der Waals surface area contributed by atoms with Crippen LogP contribution in [0.4, 0.5) is 10.8 Å². The molecule has 0 aliphatic heterocycles. The lowest BCUT2D eigenvalue weighted by atomic mass is 10.1. The van der Waals surface area contributed by atoms with E-state index in [-0.39, 0.29) is 11.8 Å². The van der Waals surface area contributed by atoms with Gasteiger partial charge < -0.3 is 5.32 Å². The fourth-order valence-electron chi connectivity index (χ4n) is 3.08. The highest BCUT2D eigenvalue weighted by Gasteiger charge is 2.18. The minimum Gasteiger partial charge on any atom is -0.321 e. The molecule has 0 saturated carbocycles. The summed E-state index contributed by atoms with van der Waals surface area (Å²) in [5, 5.41) is 6.17. The smallest absolute Gasteiger partial charge is 0.267 e. The van der Waals surface area contributed by atoms with Crippen molar-refractivity contribution in [2.45, 2.75) is 34.6 Å². The Balaban J connectivity index is 1.77. The largest absolute Gasteiger partial charge is 0.321 e. The maximum absolute atomic E-state index is 12.8. The molecular formula is C22H23N3O2S. The van der Waals surface area contributed by atoms with Crippen molar-refractivity contribution in [1.29, 1.82) is 0 Å². The zero-order chi connectivity index (χ0) is 20.4. The topological polar surface area (TPSA) is 71.1 Å². The third-order valence-corrected chi connectivity index (χ3v) is 5.52. The van der Waals surface area contributed by atoms with Gasteiger partial charge in [-0.3, -0.25) is 14.9 Å². The van der Waals surface area contributed by atoms with Crippen LogP contribution in [0.1, 0.15) is 48.0 Å². The summed E-state index contributed by atoms with van der Waals surface area (Å²) in [5.41, 5.74) is 6.22. The quantitative estimate of drug-likeness (QED) is 0.641. The van der Waals surface area contributed by atoms with Crippen molar-refractivity contribution in [3.05, 3.63) is 74.8 Å². The molecule has 2 N–H and O–H groups in total. The number of anilines is 2. The highest BCUT2D eigenvalue weighted by atomic mass is 32.1. The van der Waals surface area contributed by atoms with Crippen molar-refractivity contribution in [1.82, 2.24) is 4.98 Å². The normalized spacial score (nSPS) is 10.6. The Morgan fingerprint density at radius 3 is 2.04 bits per heavy atom. The minimum absolute atomic E-state index is 0.221. The molecule has 0 bridgehead atoms. The summed E-state index contributed by atoms with van der Waals surface area (Å²) < 4.78 is 0. The first kappa shape index (κ1) is 19.8. The molecule has 0 atom stereocenters. The Morgan fingerprint density at radius 1 is 0.821 bits per heavy atom. The van der Waals surface area contributed by atoms with Gasteiger partial charge in [-0.25, -0.2) is 4.98 Å². The highest BCUT2D eigenvalue weighted by molar-refractivity contribution is 7.17. The van der Waals surface area contributed by atoms with Crippen LogP contribution in [0.2, 0.25) is 0 Å². The molecule has 144 valence electrons. The van der Waals surface area contributed by atoms with Gasteiger partial charge in [0.25, 0.3) is 11.8 Å². The molecule has 1 heterocycles. The van der Waals surface area contributed by atoms with Crippen LogP contribution in [0.5, 0.6) is 0 Å². The van der Waals surface area contributed by atoms with Gasteiger partial charge in [-0.15, -0.1) is 0 Å². The number of amides is 2. The highest BCUT2D eigenvalue weighted by Crippen LogP contribution is 2.27. The van der Waals surface area contributed by atoms with Gasteiger partial charge in [0.2, 0.25) is 0 Å². The van der Waals surface area contributed by atoms with E-state index in [0.717, 1.165) is 27.9 Å². The molecular weight excluding hydrogens is 370 g/mol.